The van der Waals surface area contributed by atoms with Gasteiger partial charge in [0.25, 0.3) is 5.56 Å². The summed E-state index contributed by atoms with van der Waals surface area (Å²) in [4.78, 5) is 13.1. The van der Waals surface area contributed by atoms with Crippen LogP contribution in [0.2, 0.25) is 0 Å². The third-order valence-electron chi connectivity index (χ3n) is 4.40. The van der Waals surface area contributed by atoms with Gasteiger partial charge in [0.2, 0.25) is 0 Å². The Kier molecular flexibility index (Phi) is 5.55. The van der Waals surface area contributed by atoms with Gasteiger partial charge in [0, 0.05) is 23.4 Å². The maximum absolute atomic E-state index is 13.1. The molecule has 6 nitrogen and oxygen atoms in total. The van der Waals surface area contributed by atoms with E-state index in [-0.39, 0.29) is 24.4 Å². The topological polar surface area (TPSA) is 84.5 Å². The second-order valence-electron chi connectivity index (χ2n) is 6.14. The van der Waals surface area contributed by atoms with E-state index in [0.29, 0.717) is 22.1 Å². The van der Waals surface area contributed by atoms with Crippen molar-refractivity contribution >= 4 is 10.8 Å². The zero-order chi connectivity index (χ0) is 19.4. The average molecular weight is 364 g/mol. The fraction of sp³-hybridized carbons (Fsp3) is 0.238. The Morgan fingerprint density at radius 2 is 1.89 bits per heavy atom. The van der Waals surface area contributed by atoms with E-state index in [1.165, 1.54) is 11.7 Å². The summed E-state index contributed by atoms with van der Waals surface area (Å²) in [6.45, 7) is 0.0377. The van der Waals surface area contributed by atoms with Crippen molar-refractivity contribution in [2.75, 3.05) is 20.8 Å². The van der Waals surface area contributed by atoms with E-state index < -0.39 is 6.10 Å². The molecule has 27 heavy (non-hydrogen) atoms. The standard InChI is InChI=1S/C21H20N2O4/c1-26-13-15(24)12-23-19(11-22)20(14-6-4-3-5-7-14)18-10-16(27-2)8-9-17(18)21(23)25/h3-10,15,24H,12-13H2,1-2H3. The largest absolute Gasteiger partial charge is 0.497 e. The van der Waals surface area contributed by atoms with Gasteiger partial charge in [-0.3, -0.25) is 9.36 Å². The number of aliphatic hydroxyl groups is 1. The van der Waals surface area contributed by atoms with Gasteiger partial charge in [-0.25, -0.2) is 0 Å². The first kappa shape index (κ1) is 18.6. The highest BCUT2D eigenvalue weighted by molar-refractivity contribution is 5.99. The van der Waals surface area contributed by atoms with Crippen molar-refractivity contribution in [2.45, 2.75) is 12.6 Å². The molecular weight excluding hydrogens is 344 g/mol. The number of hydrogen-bond donors (Lipinski definition) is 1. The molecule has 138 valence electrons. The van der Waals surface area contributed by atoms with E-state index in [9.17, 15) is 15.2 Å². The molecule has 0 amide bonds. The quantitative estimate of drug-likeness (QED) is 0.727. The molecule has 1 heterocycles. The minimum atomic E-state index is -0.904. The summed E-state index contributed by atoms with van der Waals surface area (Å²) < 4.78 is 11.6. The summed E-state index contributed by atoms with van der Waals surface area (Å²) in [5.41, 5.74) is 1.31. The number of nitriles is 1. The van der Waals surface area contributed by atoms with Gasteiger partial charge in [-0.15, -0.1) is 0 Å². The maximum Gasteiger partial charge on any atom is 0.259 e. The van der Waals surface area contributed by atoms with Crippen molar-refractivity contribution in [3.05, 3.63) is 64.6 Å². The monoisotopic (exact) mass is 364 g/mol. The molecule has 3 rings (SSSR count). The van der Waals surface area contributed by atoms with Crippen LogP contribution >= 0.6 is 0 Å². The summed E-state index contributed by atoms with van der Waals surface area (Å²) in [5, 5.41) is 21.1. The van der Waals surface area contributed by atoms with Crippen LogP contribution in [0, 0.1) is 11.3 Å². The van der Waals surface area contributed by atoms with E-state index >= 15 is 0 Å². The number of rotatable bonds is 6. The van der Waals surface area contributed by atoms with Gasteiger partial charge in [0.1, 0.15) is 17.5 Å². The molecule has 1 atom stereocenters. The van der Waals surface area contributed by atoms with Gasteiger partial charge in [0.05, 0.1) is 26.4 Å². The summed E-state index contributed by atoms with van der Waals surface area (Å²) in [7, 11) is 3.02. The van der Waals surface area contributed by atoms with Crippen LogP contribution in [0.4, 0.5) is 0 Å². The number of aromatic nitrogens is 1. The minimum Gasteiger partial charge on any atom is -0.497 e. The number of pyridine rings is 1. The van der Waals surface area contributed by atoms with Crippen LogP contribution in [-0.4, -0.2) is 36.6 Å². The molecule has 0 saturated carbocycles. The molecular formula is C21H20N2O4. The fourth-order valence-corrected chi connectivity index (χ4v) is 3.20. The number of benzene rings is 2. The van der Waals surface area contributed by atoms with Crippen LogP contribution in [-0.2, 0) is 11.3 Å². The Balaban J connectivity index is 2.39. The molecule has 0 spiro atoms. The van der Waals surface area contributed by atoms with Gasteiger partial charge < -0.3 is 14.6 Å². The molecule has 0 fully saturated rings. The molecule has 1 N–H and O–H groups in total. The summed E-state index contributed by atoms with van der Waals surface area (Å²) >= 11 is 0. The van der Waals surface area contributed by atoms with Gasteiger partial charge in [-0.1, -0.05) is 30.3 Å². The lowest BCUT2D eigenvalue weighted by molar-refractivity contribution is 0.0530. The Hall–Kier alpha value is -3.14. The van der Waals surface area contributed by atoms with Gasteiger partial charge >= 0.3 is 0 Å². The Labute approximate surface area is 156 Å². The molecule has 6 heteroatoms. The van der Waals surface area contributed by atoms with Crippen molar-refractivity contribution in [3.63, 3.8) is 0 Å². The minimum absolute atomic E-state index is 0.0304. The number of hydrogen-bond acceptors (Lipinski definition) is 5. The third kappa shape index (κ3) is 3.56. The van der Waals surface area contributed by atoms with Crippen molar-refractivity contribution in [1.29, 1.82) is 5.26 Å². The van der Waals surface area contributed by atoms with Crippen molar-refractivity contribution in [3.8, 4) is 22.9 Å². The van der Waals surface area contributed by atoms with Crippen LogP contribution in [0.5, 0.6) is 5.75 Å². The van der Waals surface area contributed by atoms with E-state index in [1.807, 2.05) is 30.3 Å². The predicted molar refractivity (Wildman–Crippen MR) is 103 cm³/mol. The van der Waals surface area contributed by atoms with Crippen LogP contribution in [0.1, 0.15) is 5.69 Å². The average Bonchev–Trinajstić information content (AvgIpc) is 2.70. The molecule has 1 unspecified atom stereocenters. The van der Waals surface area contributed by atoms with E-state index in [1.54, 1.807) is 25.3 Å². The van der Waals surface area contributed by atoms with Crippen molar-refractivity contribution in [1.82, 2.24) is 4.57 Å². The fourth-order valence-electron chi connectivity index (χ4n) is 3.20. The molecule has 0 saturated heterocycles. The lowest BCUT2D eigenvalue weighted by Crippen LogP contribution is -2.31. The zero-order valence-electron chi connectivity index (χ0n) is 15.2. The van der Waals surface area contributed by atoms with Crippen LogP contribution in [0.15, 0.2) is 53.3 Å². The number of aliphatic hydroxyl groups excluding tert-OH is 1. The SMILES string of the molecule is COCC(O)Cn1c(C#N)c(-c2ccccc2)c2cc(OC)ccc2c1=O. The predicted octanol–water partition coefficient (Wildman–Crippen LogP) is 2.56. The highest BCUT2D eigenvalue weighted by Gasteiger charge is 2.20. The van der Waals surface area contributed by atoms with Crippen molar-refractivity contribution < 1.29 is 14.6 Å². The smallest absolute Gasteiger partial charge is 0.259 e. The molecule has 0 radical (unpaired) electrons. The van der Waals surface area contributed by atoms with Gasteiger partial charge in [-0.05, 0) is 23.8 Å². The van der Waals surface area contributed by atoms with E-state index in [4.69, 9.17) is 9.47 Å². The lowest BCUT2D eigenvalue weighted by atomic mass is 9.96. The van der Waals surface area contributed by atoms with E-state index in [2.05, 4.69) is 6.07 Å². The molecule has 0 aliphatic rings. The molecule has 0 aliphatic carbocycles. The number of nitrogens with zero attached hydrogens (tertiary/aromatic N) is 2. The summed E-state index contributed by atoms with van der Waals surface area (Å²) in [5.74, 6) is 0.597. The molecule has 0 bridgehead atoms. The Morgan fingerprint density at radius 1 is 1.15 bits per heavy atom. The number of ether oxygens (including phenoxy) is 2. The second-order valence-corrected chi connectivity index (χ2v) is 6.14. The number of methoxy groups -OCH3 is 2. The highest BCUT2D eigenvalue weighted by Crippen LogP contribution is 2.32. The van der Waals surface area contributed by atoms with Crippen LogP contribution in [0.3, 0.4) is 0 Å². The summed E-state index contributed by atoms with van der Waals surface area (Å²) in [6, 6.07) is 16.7. The first-order valence-electron chi connectivity index (χ1n) is 8.47. The normalized spacial score (nSPS) is 11.9. The molecule has 2 aromatic carbocycles. The van der Waals surface area contributed by atoms with Crippen LogP contribution in [0.25, 0.3) is 21.9 Å². The summed E-state index contributed by atoms with van der Waals surface area (Å²) in [6.07, 6.45) is -0.904. The van der Waals surface area contributed by atoms with E-state index in [0.717, 1.165) is 5.56 Å². The first-order valence-corrected chi connectivity index (χ1v) is 8.47. The van der Waals surface area contributed by atoms with Gasteiger partial charge in [0.15, 0.2) is 0 Å². The first-order chi connectivity index (χ1) is 13.1. The number of fused-ring (bicyclic) bond motifs is 1. The van der Waals surface area contributed by atoms with Crippen molar-refractivity contribution in [2.24, 2.45) is 0 Å². The maximum atomic E-state index is 13.1. The van der Waals surface area contributed by atoms with Gasteiger partial charge in [-0.2, -0.15) is 5.26 Å². The highest BCUT2D eigenvalue weighted by atomic mass is 16.5. The second kappa shape index (κ2) is 8.04. The Bertz CT molecular complexity index is 1050. The lowest BCUT2D eigenvalue weighted by Gasteiger charge is -2.18. The molecule has 0 aliphatic heterocycles. The zero-order valence-corrected chi connectivity index (χ0v) is 15.2. The van der Waals surface area contributed by atoms with Crippen LogP contribution < -0.4 is 10.3 Å². The Morgan fingerprint density at radius 3 is 2.52 bits per heavy atom. The molecule has 3 aromatic rings. The third-order valence-corrected chi connectivity index (χ3v) is 4.40. The molecule has 1 aromatic heterocycles.